The smallest absolute Gasteiger partial charge is 0.244 e. The van der Waals surface area contributed by atoms with Crippen molar-refractivity contribution in [3.63, 3.8) is 0 Å². The summed E-state index contributed by atoms with van der Waals surface area (Å²) in [5.74, 6) is 0.389. The second-order valence-electron chi connectivity index (χ2n) is 7.28. The summed E-state index contributed by atoms with van der Waals surface area (Å²) in [7, 11) is 4.75. The van der Waals surface area contributed by atoms with Gasteiger partial charge in [-0.2, -0.15) is 0 Å². The average Bonchev–Trinajstić information content (AvgIpc) is 2.77. The SMILES string of the molecule is COc1ccc2cc(C(C)C(=O)N(C)CC(=O)Nc3cc(Cl)ccc3OC)ccc2c1. The zero-order valence-corrected chi connectivity index (χ0v) is 18.7. The zero-order valence-electron chi connectivity index (χ0n) is 17.9. The van der Waals surface area contributed by atoms with Crippen LogP contribution in [0.1, 0.15) is 18.4 Å². The van der Waals surface area contributed by atoms with Crippen LogP contribution in [0.2, 0.25) is 5.02 Å². The minimum Gasteiger partial charge on any atom is -0.497 e. The maximum Gasteiger partial charge on any atom is 0.244 e. The monoisotopic (exact) mass is 440 g/mol. The van der Waals surface area contributed by atoms with Gasteiger partial charge >= 0.3 is 0 Å². The highest BCUT2D eigenvalue weighted by atomic mass is 35.5. The minimum atomic E-state index is -0.398. The highest BCUT2D eigenvalue weighted by Gasteiger charge is 2.22. The van der Waals surface area contributed by atoms with E-state index in [9.17, 15) is 9.59 Å². The van der Waals surface area contributed by atoms with E-state index in [1.165, 1.54) is 12.0 Å². The van der Waals surface area contributed by atoms with Gasteiger partial charge in [0.1, 0.15) is 11.5 Å². The van der Waals surface area contributed by atoms with Gasteiger partial charge in [0.05, 0.1) is 32.4 Å². The van der Waals surface area contributed by atoms with Crippen molar-refractivity contribution >= 4 is 39.9 Å². The van der Waals surface area contributed by atoms with Crippen molar-refractivity contribution in [1.82, 2.24) is 4.90 Å². The number of benzene rings is 3. The quantitative estimate of drug-likeness (QED) is 0.577. The minimum absolute atomic E-state index is 0.0936. The van der Waals surface area contributed by atoms with Gasteiger partial charge in [-0.1, -0.05) is 35.9 Å². The number of likely N-dealkylation sites (N-methyl/N-ethyl adjacent to an activating group) is 1. The molecule has 7 heteroatoms. The molecule has 0 spiro atoms. The van der Waals surface area contributed by atoms with Crippen LogP contribution in [0, 0.1) is 0 Å². The van der Waals surface area contributed by atoms with Crippen molar-refractivity contribution in [1.29, 1.82) is 0 Å². The van der Waals surface area contributed by atoms with Gasteiger partial charge in [-0.05, 0) is 53.6 Å². The lowest BCUT2D eigenvalue weighted by Crippen LogP contribution is -2.37. The lowest BCUT2D eigenvalue weighted by atomic mass is 9.96. The molecule has 0 radical (unpaired) electrons. The Balaban J connectivity index is 1.68. The molecule has 0 saturated heterocycles. The number of fused-ring (bicyclic) bond motifs is 1. The van der Waals surface area contributed by atoms with E-state index in [4.69, 9.17) is 21.1 Å². The number of nitrogens with zero attached hydrogens (tertiary/aromatic N) is 1. The lowest BCUT2D eigenvalue weighted by Gasteiger charge is -2.22. The standard InChI is InChI=1S/C24H25ClN2O4/c1-15(16-5-6-18-12-20(30-3)9-7-17(18)11-16)24(29)27(2)14-23(28)26-21-13-19(25)8-10-22(21)31-4/h5-13,15H,14H2,1-4H3,(H,26,28). The summed E-state index contributed by atoms with van der Waals surface area (Å²) in [6.45, 7) is 1.74. The summed E-state index contributed by atoms with van der Waals surface area (Å²) in [6, 6.07) is 16.6. The number of amides is 2. The Bertz CT molecular complexity index is 1120. The van der Waals surface area contributed by atoms with Crippen LogP contribution in [-0.2, 0) is 9.59 Å². The van der Waals surface area contributed by atoms with Crippen LogP contribution < -0.4 is 14.8 Å². The largest absolute Gasteiger partial charge is 0.497 e. The van der Waals surface area contributed by atoms with Crippen molar-refractivity contribution in [2.45, 2.75) is 12.8 Å². The molecule has 3 rings (SSSR count). The zero-order chi connectivity index (χ0) is 22.5. The number of carbonyl (C=O) groups is 2. The number of ether oxygens (including phenoxy) is 2. The second kappa shape index (κ2) is 9.71. The number of carbonyl (C=O) groups excluding carboxylic acids is 2. The molecule has 1 N–H and O–H groups in total. The molecule has 2 amide bonds. The molecular weight excluding hydrogens is 416 g/mol. The van der Waals surface area contributed by atoms with Gasteiger partial charge in [0.15, 0.2) is 0 Å². The predicted molar refractivity (Wildman–Crippen MR) is 123 cm³/mol. The van der Waals surface area contributed by atoms with Crippen molar-refractivity contribution < 1.29 is 19.1 Å². The van der Waals surface area contributed by atoms with E-state index in [-0.39, 0.29) is 18.4 Å². The number of methoxy groups -OCH3 is 2. The van der Waals surface area contributed by atoms with E-state index in [0.717, 1.165) is 22.1 Å². The Kier molecular flexibility index (Phi) is 7.02. The van der Waals surface area contributed by atoms with E-state index >= 15 is 0 Å². The molecule has 0 aromatic heterocycles. The third kappa shape index (κ3) is 5.27. The molecule has 1 unspecified atom stereocenters. The van der Waals surface area contributed by atoms with Gasteiger partial charge in [0.2, 0.25) is 11.8 Å². The molecule has 0 aliphatic rings. The molecule has 0 saturated carbocycles. The Labute approximate surface area is 186 Å². The molecule has 162 valence electrons. The van der Waals surface area contributed by atoms with Crippen molar-refractivity contribution in [2.75, 3.05) is 33.1 Å². The van der Waals surface area contributed by atoms with Crippen LogP contribution in [0.25, 0.3) is 10.8 Å². The maximum atomic E-state index is 12.9. The summed E-state index contributed by atoms with van der Waals surface area (Å²) in [5.41, 5.74) is 1.34. The summed E-state index contributed by atoms with van der Waals surface area (Å²) >= 11 is 6.00. The number of rotatable bonds is 7. The van der Waals surface area contributed by atoms with Crippen LogP contribution in [0.4, 0.5) is 5.69 Å². The summed E-state index contributed by atoms with van der Waals surface area (Å²) in [6.07, 6.45) is 0. The first-order valence-corrected chi connectivity index (χ1v) is 10.2. The number of hydrogen-bond acceptors (Lipinski definition) is 4. The van der Waals surface area contributed by atoms with Gasteiger partial charge in [0, 0.05) is 12.1 Å². The highest BCUT2D eigenvalue weighted by molar-refractivity contribution is 6.31. The molecule has 3 aromatic carbocycles. The third-order valence-corrected chi connectivity index (χ3v) is 5.37. The highest BCUT2D eigenvalue weighted by Crippen LogP contribution is 2.28. The van der Waals surface area contributed by atoms with E-state index < -0.39 is 5.92 Å². The molecule has 0 fully saturated rings. The Morgan fingerprint density at radius 1 is 1.00 bits per heavy atom. The van der Waals surface area contributed by atoms with Gasteiger partial charge in [0.25, 0.3) is 0 Å². The Morgan fingerprint density at radius 2 is 1.71 bits per heavy atom. The van der Waals surface area contributed by atoms with Crippen LogP contribution in [-0.4, -0.2) is 44.5 Å². The number of hydrogen-bond donors (Lipinski definition) is 1. The molecule has 0 bridgehead atoms. The fourth-order valence-corrected chi connectivity index (χ4v) is 3.54. The van der Waals surface area contributed by atoms with Gasteiger partial charge in [-0.15, -0.1) is 0 Å². The van der Waals surface area contributed by atoms with Crippen LogP contribution in [0.5, 0.6) is 11.5 Å². The van der Waals surface area contributed by atoms with Gasteiger partial charge in [-0.3, -0.25) is 9.59 Å². The maximum absolute atomic E-state index is 12.9. The molecule has 0 aliphatic heterocycles. The first-order valence-electron chi connectivity index (χ1n) is 9.78. The van der Waals surface area contributed by atoms with E-state index in [1.807, 2.05) is 43.3 Å². The van der Waals surface area contributed by atoms with Gasteiger partial charge in [-0.25, -0.2) is 0 Å². The molecule has 6 nitrogen and oxygen atoms in total. The average molecular weight is 441 g/mol. The summed E-state index contributed by atoms with van der Waals surface area (Å²) < 4.78 is 10.5. The molecular formula is C24H25ClN2O4. The Morgan fingerprint density at radius 3 is 2.42 bits per heavy atom. The molecule has 0 heterocycles. The third-order valence-electron chi connectivity index (χ3n) is 5.13. The van der Waals surface area contributed by atoms with Crippen molar-refractivity contribution in [2.24, 2.45) is 0 Å². The number of anilines is 1. The van der Waals surface area contributed by atoms with E-state index in [0.29, 0.717) is 16.5 Å². The summed E-state index contributed by atoms with van der Waals surface area (Å²) in [5, 5.41) is 5.28. The number of nitrogens with one attached hydrogen (secondary N) is 1. The first-order chi connectivity index (χ1) is 14.8. The first kappa shape index (κ1) is 22.4. The van der Waals surface area contributed by atoms with Crippen molar-refractivity contribution in [3.8, 4) is 11.5 Å². The fourth-order valence-electron chi connectivity index (χ4n) is 3.37. The molecule has 3 aromatic rings. The van der Waals surface area contributed by atoms with Gasteiger partial charge < -0.3 is 19.7 Å². The fraction of sp³-hybridized carbons (Fsp3) is 0.250. The second-order valence-corrected chi connectivity index (χ2v) is 7.72. The molecule has 31 heavy (non-hydrogen) atoms. The van der Waals surface area contributed by atoms with Crippen molar-refractivity contribution in [3.05, 3.63) is 65.2 Å². The molecule has 0 aliphatic carbocycles. The summed E-state index contributed by atoms with van der Waals surface area (Å²) in [4.78, 5) is 26.8. The predicted octanol–water partition coefficient (Wildman–Crippen LogP) is 4.71. The van der Waals surface area contributed by atoms with Crippen LogP contribution >= 0.6 is 11.6 Å². The number of halogens is 1. The Hall–Kier alpha value is -3.25. The topological polar surface area (TPSA) is 67.9 Å². The molecule has 1 atom stereocenters. The lowest BCUT2D eigenvalue weighted by molar-refractivity contribution is -0.134. The van der Waals surface area contributed by atoms with Crippen LogP contribution in [0.3, 0.4) is 0 Å². The van der Waals surface area contributed by atoms with E-state index in [1.54, 1.807) is 32.4 Å². The normalized spacial score (nSPS) is 11.6. The van der Waals surface area contributed by atoms with E-state index in [2.05, 4.69) is 5.32 Å². The van der Waals surface area contributed by atoms with Crippen LogP contribution in [0.15, 0.2) is 54.6 Å².